The summed E-state index contributed by atoms with van der Waals surface area (Å²) in [5.74, 6) is 1.59. The van der Waals surface area contributed by atoms with Crippen LogP contribution in [0.1, 0.15) is 47.1 Å². The predicted octanol–water partition coefficient (Wildman–Crippen LogP) is 6.49. The van der Waals surface area contributed by atoms with Gasteiger partial charge < -0.3 is 9.74 Å². The van der Waals surface area contributed by atoms with Crippen molar-refractivity contribution in [3.05, 3.63) is 35.0 Å². The van der Waals surface area contributed by atoms with Gasteiger partial charge in [0.05, 0.1) is 11.9 Å². The van der Waals surface area contributed by atoms with E-state index in [1.807, 2.05) is 12.1 Å². The second kappa shape index (κ2) is 6.69. The summed E-state index contributed by atoms with van der Waals surface area (Å²) >= 11 is 6.79. The normalized spacial score (nSPS) is 13.0. The van der Waals surface area contributed by atoms with Gasteiger partial charge in [0.2, 0.25) is 0 Å². The smallest absolute Gasteiger partial charge is 0.250 e. The summed E-state index contributed by atoms with van der Waals surface area (Å²) in [5.41, 5.74) is 1.87. The maximum absolute atomic E-state index is 6.79. The van der Waals surface area contributed by atoms with E-state index in [0.29, 0.717) is 5.02 Å². The van der Waals surface area contributed by atoms with Gasteiger partial charge in [0.25, 0.3) is 8.32 Å². The molecule has 2 aromatic rings. The molecule has 0 amide bonds. The average Bonchev–Trinajstić information content (AvgIpc) is 2.93. The molecule has 138 valence electrons. The third-order valence-corrected chi connectivity index (χ3v) is 9.54. The summed E-state index contributed by atoms with van der Waals surface area (Å²) in [6.45, 7) is 17.7. The lowest BCUT2D eigenvalue weighted by Crippen LogP contribution is -2.44. The molecule has 1 aromatic heterocycles. The summed E-state index contributed by atoms with van der Waals surface area (Å²) in [6.07, 6.45) is 1.70. The van der Waals surface area contributed by atoms with Crippen molar-refractivity contribution in [3.8, 4) is 5.75 Å². The molecule has 0 fully saturated rings. The van der Waals surface area contributed by atoms with E-state index in [0.717, 1.165) is 22.8 Å². The average molecular weight is 380 g/mol. The van der Waals surface area contributed by atoms with E-state index < -0.39 is 8.32 Å². The maximum Gasteiger partial charge on any atom is 0.250 e. The number of anilines is 2. The molecule has 0 aliphatic carbocycles. The molecule has 6 heteroatoms. The van der Waals surface area contributed by atoms with E-state index in [9.17, 15) is 0 Å². The lowest BCUT2D eigenvalue weighted by molar-refractivity contribution is 0.468. The number of nitrogens with one attached hydrogen (secondary N) is 2. The highest BCUT2D eigenvalue weighted by Crippen LogP contribution is 2.46. The van der Waals surface area contributed by atoms with Crippen LogP contribution in [0.2, 0.25) is 23.2 Å². The monoisotopic (exact) mass is 379 g/mol. The minimum absolute atomic E-state index is 0.0617. The standard InChI is InChI=1S/C19H30ClN3OSi/c1-18(2,3)13-9-10-14(22-15-11-12-21-23-15)16(20)17(13)24-25(7,8)19(4,5)6/h9-12H,1-8H3,(H2,21,22,23). The highest BCUT2D eigenvalue weighted by molar-refractivity contribution is 6.74. The van der Waals surface area contributed by atoms with Gasteiger partial charge in [-0.15, -0.1) is 0 Å². The lowest BCUT2D eigenvalue weighted by atomic mass is 9.86. The first kappa shape index (κ1) is 19.9. The number of aromatic amines is 1. The van der Waals surface area contributed by atoms with Crippen LogP contribution in [0.25, 0.3) is 0 Å². The van der Waals surface area contributed by atoms with Crippen LogP contribution < -0.4 is 9.74 Å². The molecule has 0 aliphatic heterocycles. The largest absolute Gasteiger partial charge is 0.542 e. The van der Waals surface area contributed by atoms with Crippen LogP contribution in [0.15, 0.2) is 24.4 Å². The van der Waals surface area contributed by atoms with Crippen molar-refractivity contribution in [2.75, 3.05) is 5.32 Å². The lowest BCUT2D eigenvalue weighted by Gasteiger charge is -2.38. The van der Waals surface area contributed by atoms with E-state index in [2.05, 4.69) is 76.2 Å². The molecule has 0 saturated carbocycles. The van der Waals surface area contributed by atoms with Crippen molar-refractivity contribution in [2.45, 2.75) is 65.1 Å². The molecular formula is C19H30ClN3OSi. The zero-order valence-electron chi connectivity index (χ0n) is 16.5. The highest BCUT2D eigenvalue weighted by Gasteiger charge is 2.40. The van der Waals surface area contributed by atoms with Crippen molar-refractivity contribution in [2.24, 2.45) is 0 Å². The van der Waals surface area contributed by atoms with Gasteiger partial charge in [0.15, 0.2) is 0 Å². The van der Waals surface area contributed by atoms with Gasteiger partial charge in [-0.3, -0.25) is 5.10 Å². The summed E-state index contributed by atoms with van der Waals surface area (Å²) < 4.78 is 6.66. The molecule has 2 rings (SSSR count). The molecule has 0 atom stereocenters. The van der Waals surface area contributed by atoms with Gasteiger partial charge in [-0.2, -0.15) is 5.10 Å². The van der Waals surface area contributed by atoms with Crippen molar-refractivity contribution < 1.29 is 4.43 Å². The maximum atomic E-state index is 6.79. The summed E-state index contributed by atoms with van der Waals surface area (Å²) in [5, 5.41) is 10.9. The second-order valence-corrected chi connectivity index (χ2v) is 14.1. The van der Waals surface area contributed by atoms with Crippen molar-refractivity contribution >= 4 is 31.4 Å². The van der Waals surface area contributed by atoms with Crippen molar-refractivity contribution in [1.82, 2.24) is 10.2 Å². The van der Waals surface area contributed by atoms with Gasteiger partial charge in [0, 0.05) is 6.07 Å². The van der Waals surface area contributed by atoms with Gasteiger partial charge >= 0.3 is 0 Å². The number of hydrogen-bond donors (Lipinski definition) is 2. The van der Waals surface area contributed by atoms with Crippen molar-refractivity contribution in [3.63, 3.8) is 0 Å². The molecule has 0 aliphatic rings. The second-order valence-electron chi connectivity index (χ2n) is 9.01. The minimum Gasteiger partial charge on any atom is -0.542 e. The Morgan fingerprint density at radius 1 is 1.08 bits per heavy atom. The number of benzene rings is 1. The van der Waals surface area contributed by atoms with Gasteiger partial charge in [-0.1, -0.05) is 59.2 Å². The summed E-state index contributed by atoms with van der Waals surface area (Å²) in [4.78, 5) is 0. The van der Waals surface area contributed by atoms with Crippen molar-refractivity contribution in [1.29, 1.82) is 0 Å². The fourth-order valence-corrected chi connectivity index (χ4v) is 3.57. The van der Waals surface area contributed by atoms with Crippen LogP contribution in [0.3, 0.4) is 0 Å². The molecule has 0 unspecified atom stereocenters. The third kappa shape index (κ3) is 4.39. The van der Waals surface area contributed by atoms with Crippen LogP contribution in [-0.4, -0.2) is 18.5 Å². The fraction of sp³-hybridized carbons (Fsp3) is 0.526. The molecule has 25 heavy (non-hydrogen) atoms. The number of rotatable bonds is 4. The fourth-order valence-electron chi connectivity index (χ4n) is 2.22. The van der Waals surface area contributed by atoms with E-state index >= 15 is 0 Å². The Balaban J connectivity index is 2.53. The van der Waals surface area contributed by atoms with Gasteiger partial charge in [-0.05, 0) is 35.2 Å². The number of halogens is 1. The first-order valence-electron chi connectivity index (χ1n) is 8.61. The third-order valence-electron chi connectivity index (χ3n) is 4.84. The predicted molar refractivity (Wildman–Crippen MR) is 110 cm³/mol. The Morgan fingerprint density at radius 2 is 1.72 bits per heavy atom. The quantitative estimate of drug-likeness (QED) is 0.597. The van der Waals surface area contributed by atoms with E-state index in [1.165, 1.54) is 0 Å². The molecule has 0 saturated heterocycles. The topological polar surface area (TPSA) is 49.9 Å². The molecule has 4 nitrogen and oxygen atoms in total. The first-order chi connectivity index (χ1) is 11.3. The first-order valence-corrected chi connectivity index (χ1v) is 11.9. The molecule has 0 spiro atoms. The number of H-pyrrole nitrogens is 1. The Labute approximate surface area is 157 Å². The van der Waals surface area contributed by atoms with Gasteiger partial charge in [-0.25, -0.2) is 0 Å². The van der Waals surface area contributed by atoms with Crippen LogP contribution in [-0.2, 0) is 5.41 Å². The Hall–Kier alpha value is -1.46. The molecule has 1 heterocycles. The van der Waals surface area contributed by atoms with Crippen LogP contribution in [0, 0.1) is 0 Å². The zero-order valence-corrected chi connectivity index (χ0v) is 18.3. The number of hydrogen-bond acceptors (Lipinski definition) is 3. The highest BCUT2D eigenvalue weighted by atomic mass is 35.5. The van der Waals surface area contributed by atoms with Crippen LogP contribution in [0.4, 0.5) is 11.5 Å². The van der Waals surface area contributed by atoms with E-state index in [1.54, 1.807) is 6.20 Å². The Kier molecular flexibility index (Phi) is 5.31. The Morgan fingerprint density at radius 3 is 2.20 bits per heavy atom. The summed E-state index contributed by atoms with van der Waals surface area (Å²) in [7, 11) is -2.02. The molecule has 1 aromatic carbocycles. The SMILES string of the molecule is CC(C)(C)c1ccc(Nc2ccn[nH]2)c(Cl)c1O[Si](C)(C)C(C)(C)C. The zero-order chi connectivity index (χ0) is 19.0. The van der Waals surface area contributed by atoms with Crippen LogP contribution in [0.5, 0.6) is 5.75 Å². The number of nitrogens with zero attached hydrogens (tertiary/aromatic N) is 1. The Bertz CT molecular complexity index is 728. The van der Waals surface area contributed by atoms with E-state index in [-0.39, 0.29) is 10.5 Å². The summed E-state index contributed by atoms with van der Waals surface area (Å²) in [6, 6.07) is 5.97. The molecule has 0 bridgehead atoms. The molecular weight excluding hydrogens is 350 g/mol. The van der Waals surface area contributed by atoms with E-state index in [4.69, 9.17) is 16.0 Å². The van der Waals surface area contributed by atoms with Crippen LogP contribution >= 0.6 is 11.6 Å². The van der Waals surface area contributed by atoms with Gasteiger partial charge in [0.1, 0.15) is 16.6 Å². The number of aromatic nitrogens is 2. The minimum atomic E-state index is -2.02. The molecule has 2 N–H and O–H groups in total. The molecule has 0 radical (unpaired) electrons.